The number of hydrogen-bond donors (Lipinski definition) is 1. The first-order valence-electron chi connectivity index (χ1n) is 5.40. The van der Waals surface area contributed by atoms with E-state index < -0.39 is 17.5 Å². The highest BCUT2D eigenvalue weighted by Crippen LogP contribution is 2.21. The topological polar surface area (TPSA) is 73.3 Å². The van der Waals surface area contributed by atoms with Gasteiger partial charge >= 0.3 is 5.69 Å². The molecule has 0 bridgehead atoms. The fourth-order valence-electron chi connectivity index (χ4n) is 1.66. The smallest absolute Gasteiger partial charge is 0.330 e. The highest BCUT2D eigenvalue weighted by Gasteiger charge is 2.26. The van der Waals surface area contributed by atoms with E-state index >= 15 is 0 Å². The van der Waals surface area contributed by atoms with Gasteiger partial charge < -0.3 is 9.47 Å². The molecule has 1 N–H and O–H groups in total. The van der Waals surface area contributed by atoms with Gasteiger partial charge in [0.05, 0.1) is 12.2 Å². The van der Waals surface area contributed by atoms with Crippen LogP contribution in [0.5, 0.6) is 0 Å². The van der Waals surface area contributed by atoms with E-state index in [4.69, 9.17) is 9.47 Å². The molecular weight excluding hydrogens is 224 g/mol. The largest absolute Gasteiger partial charge is 0.348 e. The molecule has 0 saturated carbocycles. The first-order valence-corrected chi connectivity index (χ1v) is 5.40. The predicted molar refractivity (Wildman–Crippen MR) is 61.6 cm³/mol. The van der Waals surface area contributed by atoms with Gasteiger partial charge in [-0.3, -0.25) is 14.3 Å². The molecule has 0 amide bonds. The summed E-state index contributed by atoms with van der Waals surface area (Å²) in [6, 6.07) is 0. The van der Waals surface area contributed by atoms with Gasteiger partial charge in [-0.15, -0.1) is 0 Å². The van der Waals surface area contributed by atoms with Gasteiger partial charge in [-0.05, 0) is 6.42 Å². The molecule has 17 heavy (non-hydrogen) atoms. The Bertz CT molecular complexity index is 531. The second kappa shape index (κ2) is 4.68. The van der Waals surface area contributed by atoms with E-state index in [0.29, 0.717) is 18.6 Å². The SMILES string of the molecule is C=Cc1cn(C2COC(CC)O2)c(=O)[nH]c1=O. The average molecular weight is 238 g/mol. The van der Waals surface area contributed by atoms with Crippen LogP contribution >= 0.6 is 0 Å². The van der Waals surface area contributed by atoms with E-state index in [2.05, 4.69) is 11.6 Å². The van der Waals surface area contributed by atoms with Gasteiger partial charge in [0.1, 0.15) is 0 Å². The third kappa shape index (κ3) is 2.22. The molecule has 6 heteroatoms. The zero-order chi connectivity index (χ0) is 12.4. The molecule has 0 aliphatic carbocycles. The van der Waals surface area contributed by atoms with Crippen LogP contribution in [0.4, 0.5) is 0 Å². The van der Waals surface area contributed by atoms with Gasteiger partial charge in [0.15, 0.2) is 12.5 Å². The van der Waals surface area contributed by atoms with Crippen molar-refractivity contribution >= 4 is 6.08 Å². The van der Waals surface area contributed by atoms with E-state index in [9.17, 15) is 9.59 Å². The van der Waals surface area contributed by atoms with Gasteiger partial charge in [0.25, 0.3) is 5.56 Å². The lowest BCUT2D eigenvalue weighted by molar-refractivity contribution is -0.0731. The van der Waals surface area contributed by atoms with Crippen LogP contribution in [0, 0.1) is 0 Å². The highest BCUT2D eigenvalue weighted by atomic mass is 16.7. The van der Waals surface area contributed by atoms with Crippen LogP contribution in [-0.4, -0.2) is 22.4 Å². The van der Waals surface area contributed by atoms with Crippen molar-refractivity contribution in [2.24, 2.45) is 0 Å². The fraction of sp³-hybridized carbons (Fsp3) is 0.455. The molecule has 0 radical (unpaired) electrons. The Morgan fingerprint density at radius 2 is 2.41 bits per heavy atom. The van der Waals surface area contributed by atoms with Crippen LogP contribution in [0.3, 0.4) is 0 Å². The summed E-state index contributed by atoms with van der Waals surface area (Å²) in [4.78, 5) is 25.2. The molecular formula is C11H14N2O4. The summed E-state index contributed by atoms with van der Waals surface area (Å²) < 4.78 is 12.1. The van der Waals surface area contributed by atoms with Gasteiger partial charge in [-0.1, -0.05) is 19.6 Å². The molecule has 1 aromatic heterocycles. The van der Waals surface area contributed by atoms with Gasteiger partial charge in [0, 0.05) is 6.20 Å². The van der Waals surface area contributed by atoms with E-state index in [1.165, 1.54) is 16.8 Å². The van der Waals surface area contributed by atoms with Crippen molar-refractivity contribution in [2.75, 3.05) is 6.61 Å². The Labute approximate surface area is 97.5 Å². The standard InChI is InChI=1S/C11H14N2O4/c1-3-7-5-13(11(15)12-10(7)14)8-6-16-9(4-2)17-8/h3,5,8-9H,1,4,6H2,2H3,(H,12,14,15). The van der Waals surface area contributed by atoms with Gasteiger partial charge in [-0.25, -0.2) is 4.79 Å². The van der Waals surface area contributed by atoms with Crippen molar-refractivity contribution < 1.29 is 9.47 Å². The number of nitrogens with zero attached hydrogens (tertiary/aromatic N) is 1. The Morgan fingerprint density at radius 1 is 1.65 bits per heavy atom. The molecule has 6 nitrogen and oxygen atoms in total. The normalized spacial score (nSPS) is 23.8. The molecule has 1 saturated heterocycles. The average Bonchev–Trinajstić information content (AvgIpc) is 2.78. The first-order chi connectivity index (χ1) is 8.15. The molecule has 1 fully saturated rings. The molecule has 1 aliphatic heterocycles. The first kappa shape index (κ1) is 11.8. The minimum absolute atomic E-state index is 0.293. The van der Waals surface area contributed by atoms with E-state index in [-0.39, 0.29) is 6.29 Å². The number of nitrogens with one attached hydrogen (secondary N) is 1. The maximum atomic E-state index is 11.6. The minimum atomic E-state index is -0.508. The van der Waals surface area contributed by atoms with Gasteiger partial charge in [-0.2, -0.15) is 0 Å². The van der Waals surface area contributed by atoms with E-state index in [0.717, 1.165) is 0 Å². The lowest BCUT2D eigenvalue weighted by Crippen LogP contribution is -2.34. The predicted octanol–water partition coefficient (Wildman–Crippen LogP) is 0.461. The lowest BCUT2D eigenvalue weighted by atomic mass is 10.3. The summed E-state index contributed by atoms with van der Waals surface area (Å²) in [7, 11) is 0. The summed E-state index contributed by atoms with van der Waals surface area (Å²) in [5.74, 6) is 0. The summed E-state index contributed by atoms with van der Waals surface area (Å²) >= 11 is 0. The Morgan fingerprint density at radius 3 is 3.00 bits per heavy atom. The minimum Gasteiger partial charge on any atom is -0.348 e. The third-order valence-corrected chi connectivity index (χ3v) is 2.59. The second-order valence-electron chi connectivity index (χ2n) is 3.72. The number of aromatic amines is 1. The molecule has 0 aromatic carbocycles. The molecule has 1 aromatic rings. The lowest BCUT2D eigenvalue weighted by Gasteiger charge is -2.12. The molecule has 92 valence electrons. The number of hydrogen-bond acceptors (Lipinski definition) is 4. The second-order valence-corrected chi connectivity index (χ2v) is 3.72. The summed E-state index contributed by atoms with van der Waals surface area (Å²) in [5.41, 5.74) is -0.633. The van der Waals surface area contributed by atoms with Crippen LogP contribution in [0.2, 0.25) is 0 Å². The van der Waals surface area contributed by atoms with E-state index in [1.54, 1.807) is 0 Å². The number of ether oxygens (including phenoxy) is 2. The van der Waals surface area contributed by atoms with Crippen LogP contribution in [0.1, 0.15) is 25.1 Å². The van der Waals surface area contributed by atoms with Crippen LogP contribution in [-0.2, 0) is 9.47 Å². The zero-order valence-corrected chi connectivity index (χ0v) is 9.51. The van der Waals surface area contributed by atoms with E-state index in [1.807, 2.05) is 6.92 Å². The molecule has 0 spiro atoms. The number of H-pyrrole nitrogens is 1. The molecule has 2 rings (SSSR count). The third-order valence-electron chi connectivity index (χ3n) is 2.59. The molecule has 1 aliphatic rings. The van der Waals surface area contributed by atoms with Crippen molar-refractivity contribution in [1.29, 1.82) is 0 Å². The monoisotopic (exact) mass is 238 g/mol. The Hall–Kier alpha value is -1.66. The summed E-state index contributed by atoms with van der Waals surface area (Å²) in [5, 5.41) is 0. The quantitative estimate of drug-likeness (QED) is 0.830. The molecule has 2 heterocycles. The fourth-order valence-corrected chi connectivity index (χ4v) is 1.66. The number of rotatable bonds is 3. The van der Waals surface area contributed by atoms with Crippen molar-refractivity contribution in [3.8, 4) is 0 Å². The zero-order valence-electron chi connectivity index (χ0n) is 9.51. The van der Waals surface area contributed by atoms with Crippen molar-refractivity contribution in [1.82, 2.24) is 9.55 Å². The molecule has 2 atom stereocenters. The Kier molecular flexibility index (Phi) is 3.26. The Balaban J connectivity index is 2.36. The van der Waals surface area contributed by atoms with Gasteiger partial charge in [0.2, 0.25) is 0 Å². The summed E-state index contributed by atoms with van der Waals surface area (Å²) in [6.07, 6.45) is 2.74. The van der Waals surface area contributed by atoms with Crippen LogP contribution in [0.25, 0.3) is 6.08 Å². The highest BCUT2D eigenvalue weighted by molar-refractivity contribution is 5.43. The van der Waals surface area contributed by atoms with Crippen LogP contribution in [0.15, 0.2) is 22.4 Å². The van der Waals surface area contributed by atoms with Crippen molar-refractivity contribution in [3.05, 3.63) is 39.2 Å². The number of aromatic nitrogens is 2. The molecule has 2 unspecified atom stereocenters. The van der Waals surface area contributed by atoms with Crippen molar-refractivity contribution in [3.63, 3.8) is 0 Å². The van der Waals surface area contributed by atoms with Crippen LogP contribution < -0.4 is 11.2 Å². The maximum Gasteiger partial charge on any atom is 0.330 e. The summed E-state index contributed by atoms with van der Waals surface area (Å²) in [6.45, 7) is 5.73. The van der Waals surface area contributed by atoms with Crippen molar-refractivity contribution in [2.45, 2.75) is 25.9 Å². The maximum absolute atomic E-state index is 11.6.